The molecule has 0 saturated heterocycles. The second kappa shape index (κ2) is 5.83. The Bertz CT molecular complexity index is 733. The Balaban J connectivity index is 1.54. The molecule has 0 aromatic carbocycles. The fraction of sp³-hybridized carbons (Fsp3) is 0.600. The normalized spacial score (nSPS) is 30.3. The molecule has 23 heavy (non-hydrogen) atoms. The number of nitrogens with one attached hydrogen (secondary N) is 1. The number of hydrogen-bond acceptors (Lipinski definition) is 5. The second-order valence-electron chi connectivity index (χ2n) is 6.63. The summed E-state index contributed by atoms with van der Waals surface area (Å²) >= 11 is 3.33. The van der Waals surface area contributed by atoms with E-state index < -0.39 is 0 Å². The number of amides is 1. The Morgan fingerprint density at radius 2 is 2.09 bits per heavy atom. The van der Waals surface area contributed by atoms with Crippen molar-refractivity contribution in [3.63, 3.8) is 0 Å². The van der Waals surface area contributed by atoms with Crippen LogP contribution < -0.4 is 11.1 Å². The lowest BCUT2D eigenvalue weighted by atomic mass is 9.67. The van der Waals surface area contributed by atoms with Crippen molar-refractivity contribution in [2.45, 2.75) is 44.2 Å². The van der Waals surface area contributed by atoms with Crippen LogP contribution in [-0.4, -0.2) is 37.6 Å². The average Bonchev–Trinajstić information content (AvgIpc) is 2.91. The molecule has 1 amide bonds. The molecule has 2 bridgehead atoms. The van der Waals surface area contributed by atoms with Crippen LogP contribution >= 0.6 is 15.9 Å². The lowest BCUT2D eigenvalue weighted by molar-refractivity contribution is 0.0747. The summed E-state index contributed by atoms with van der Waals surface area (Å²) < 4.78 is 2.30. The molecule has 2 aromatic heterocycles. The Morgan fingerprint density at radius 3 is 2.83 bits per heavy atom. The van der Waals surface area contributed by atoms with Crippen LogP contribution in [0.25, 0.3) is 5.78 Å². The molecule has 0 radical (unpaired) electrons. The van der Waals surface area contributed by atoms with E-state index in [-0.39, 0.29) is 23.8 Å². The summed E-state index contributed by atoms with van der Waals surface area (Å²) in [4.78, 5) is 20.9. The maximum Gasteiger partial charge on any atom is 0.291 e. The Kier molecular flexibility index (Phi) is 3.81. The molecule has 8 heteroatoms. The zero-order valence-corrected chi connectivity index (χ0v) is 14.2. The van der Waals surface area contributed by atoms with Crippen LogP contribution in [0.5, 0.6) is 0 Å². The van der Waals surface area contributed by atoms with Gasteiger partial charge in [0.15, 0.2) is 0 Å². The van der Waals surface area contributed by atoms with Crippen molar-refractivity contribution in [2.75, 3.05) is 0 Å². The molecule has 0 spiro atoms. The highest BCUT2D eigenvalue weighted by Crippen LogP contribution is 2.39. The molecule has 3 N–H and O–H groups in total. The number of fused-ring (bicyclic) bond motifs is 3. The van der Waals surface area contributed by atoms with Gasteiger partial charge in [0.2, 0.25) is 5.82 Å². The molecular weight excluding hydrogens is 360 g/mol. The van der Waals surface area contributed by atoms with Crippen LogP contribution in [0.1, 0.15) is 42.7 Å². The molecular formula is C15H19BrN6O. The van der Waals surface area contributed by atoms with Crippen LogP contribution in [0.3, 0.4) is 0 Å². The van der Waals surface area contributed by atoms with Crippen LogP contribution in [0, 0.1) is 11.8 Å². The van der Waals surface area contributed by atoms with Gasteiger partial charge in [-0.3, -0.25) is 4.79 Å². The first-order valence-corrected chi connectivity index (χ1v) is 8.84. The van der Waals surface area contributed by atoms with E-state index >= 15 is 0 Å². The fourth-order valence-corrected chi connectivity index (χ4v) is 4.39. The lowest BCUT2D eigenvalue weighted by Gasteiger charge is -2.45. The summed E-state index contributed by atoms with van der Waals surface area (Å²) in [7, 11) is 0. The predicted octanol–water partition coefficient (Wildman–Crippen LogP) is 1.52. The van der Waals surface area contributed by atoms with Crippen molar-refractivity contribution in [1.82, 2.24) is 24.9 Å². The van der Waals surface area contributed by atoms with Gasteiger partial charge in [0.1, 0.15) is 0 Å². The summed E-state index contributed by atoms with van der Waals surface area (Å²) in [6.07, 6.45) is 8.88. The SMILES string of the molecule is NC1CC2CCCC(C1)C2NC(=O)c1nc2ncc(Br)cn2n1. The van der Waals surface area contributed by atoms with Gasteiger partial charge < -0.3 is 11.1 Å². The van der Waals surface area contributed by atoms with Crippen LogP contribution in [0.15, 0.2) is 16.9 Å². The molecule has 2 aliphatic carbocycles. The van der Waals surface area contributed by atoms with Gasteiger partial charge in [-0.25, -0.2) is 9.50 Å². The number of nitrogens with two attached hydrogens (primary N) is 1. The van der Waals surface area contributed by atoms with Gasteiger partial charge in [-0.1, -0.05) is 6.42 Å². The van der Waals surface area contributed by atoms with Crippen LogP contribution in [0.4, 0.5) is 0 Å². The van der Waals surface area contributed by atoms with Crippen molar-refractivity contribution >= 4 is 27.6 Å². The summed E-state index contributed by atoms with van der Waals surface area (Å²) in [5.74, 6) is 1.33. The van der Waals surface area contributed by atoms with E-state index in [1.165, 1.54) is 10.9 Å². The molecule has 4 rings (SSSR count). The average molecular weight is 379 g/mol. The molecule has 2 saturated carbocycles. The minimum atomic E-state index is -0.219. The number of aromatic nitrogens is 4. The second-order valence-corrected chi connectivity index (χ2v) is 7.55. The third kappa shape index (κ3) is 2.85. The van der Waals surface area contributed by atoms with Gasteiger partial charge >= 0.3 is 0 Å². The first-order chi connectivity index (χ1) is 11.1. The fourth-order valence-electron chi connectivity index (χ4n) is 4.10. The molecule has 2 fully saturated rings. The van der Waals surface area contributed by atoms with Crippen molar-refractivity contribution < 1.29 is 4.79 Å². The standard InChI is InChI=1S/C15H19BrN6O/c16-10-6-18-15-20-13(21-22(15)7-10)14(23)19-12-8-2-1-3-9(12)5-11(17)4-8/h6-9,11-12H,1-5,17H2,(H,19,23). The van der Waals surface area contributed by atoms with Gasteiger partial charge in [0, 0.05) is 24.5 Å². The van der Waals surface area contributed by atoms with E-state index in [2.05, 4.69) is 36.3 Å². The highest BCUT2D eigenvalue weighted by molar-refractivity contribution is 9.10. The van der Waals surface area contributed by atoms with E-state index in [1.54, 1.807) is 12.4 Å². The summed E-state index contributed by atoms with van der Waals surface area (Å²) in [5, 5.41) is 7.39. The highest BCUT2D eigenvalue weighted by Gasteiger charge is 2.40. The molecule has 122 valence electrons. The summed E-state index contributed by atoms with van der Waals surface area (Å²) in [5.41, 5.74) is 6.14. The smallest absolute Gasteiger partial charge is 0.291 e. The third-order valence-electron chi connectivity index (χ3n) is 5.04. The van der Waals surface area contributed by atoms with E-state index in [1.807, 2.05) is 0 Å². The van der Waals surface area contributed by atoms with Gasteiger partial charge in [-0.05, 0) is 53.4 Å². The zero-order chi connectivity index (χ0) is 16.0. The van der Waals surface area contributed by atoms with Crippen molar-refractivity contribution in [3.8, 4) is 0 Å². The number of rotatable bonds is 2. The van der Waals surface area contributed by atoms with E-state index in [0.717, 1.165) is 30.2 Å². The Hall–Kier alpha value is -1.54. The molecule has 2 atom stereocenters. The van der Waals surface area contributed by atoms with E-state index in [0.29, 0.717) is 17.6 Å². The molecule has 2 heterocycles. The number of carbonyl (C=O) groups excluding carboxylic acids is 1. The number of nitrogens with zero attached hydrogens (tertiary/aromatic N) is 4. The number of halogens is 1. The van der Waals surface area contributed by atoms with Crippen LogP contribution in [0.2, 0.25) is 0 Å². The number of carbonyl (C=O) groups is 1. The largest absolute Gasteiger partial charge is 0.346 e. The first kappa shape index (κ1) is 15.0. The predicted molar refractivity (Wildman–Crippen MR) is 87.8 cm³/mol. The molecule has 7 nitrogen and oxygen atoms in total. The van der Waals surface area contributed by atoms with Crippen molar-refractivity contribution in [3.05, 3.63) is 22.7 Å². The quantitative estimate of drug-likeness (QED) is 0.825. The lowest BCUT2D eigenvalue weighted by Crippen LogP contribution is -2.53. The minimum Gasteiger partial charge on any atom is -0.346 e. The molecule has 0 aliphatic heterocycles. The third-order valence-corrected chi connectivity index (χ3v) is 5.45. The summed E-state index contributed by atoms with van der Waals surface area (Å²) in [6.45, 7) is 0. The van der Waals surface area contributed by atoms with Crippen molar-refractivity contribution in [1.29, 1.82) is 0 Å². The maximum absolute atomic E-state index is 12.6. The van der Waals surface area contributed by atoms with Crippen molar-refractivity contribution in [2.24, 2.45) is 17.6 Å². The highest BCUT2D eigenvalue weighted by atomic mass is 79.9. The van der Waals surface area contributed by atoms with Crippen LogP contribution in [-0.2, 0) is 0 Å². The topological polar surface area (TPSA) is 98.2 Å². The van der Waals surface area contributed by atoms with Gasteiger partial charge in [-0.15, -0.1) is 5.10 Å². The maximum atomic E-state index is 12.6. The monoisotopic (exact) mass is 378 g/mol. The first-order valence-electron chi connectivity index (χ1n) is 8.04. The molecule has 2 aliphatic rings. The molecule has 2 unspecified atom stereocenters. The molecule has 2 aromatic rings. The Morgan fingerprint density at radius 1 is 1.35 bits per heavy atom. The zero-order valence-electron chi connectivity index (χ0n) is 12.7. The minimum absolute atomic E-state index is 0.170. The van der Waals surface area contributed by atoms with Gasteiger partial charge in [0.25, 0.3) is 11.7 Å². The van der Waals surface area contributed by atoms with Gasteiger partial charge in [0.05, 0.1) is 4.47 Å². The Labute approximate surface area is 142 Å². The van der Waals surface area contributed by atoms with E-state index in [4.69, 9.17) is 5.73 Å². The number of hydrogen-bond donors (Lipinski definition) is 2. The summed E-state index contributed by atoms with van der Waals surface area (Å²) in [6, 6.07) is 0.468. The van der Waals surface area contributed by atoms with E-state index in [9.17, 15) is 4.79 Å². The van der Waals surface area contributed by atoms with Gasteiger partial charge in [-0.2, -0.15) is 4.98 Å².